The number of ether oxygens (including phenoxy) is 1. The normalized spacial score (nSPS) is 11.0. The molecule has 0 atom stereocenters. The van der Waals surface area contributed by atoms with Gasteiger partial charge in [-0.05, 0) is 19.1 Å². The number of thiazole rings is 1. The summed E-state index contributed by atoms with van der Waals surface area (Å²) in [6, 6.07) is 3.08. The van der Waals surface area contributed by atoms with E-state index in [0.29, 0.717) is 16.1 Å². The van der Waals surface area contributed by atoms with Crippen LogP contribution in [0, 0.1) is 11.6 Å². The van der Waals surface area contributed by atoms with Crippen LogP contribution in [0.2, 0.25) is 0 Å². The average molecular weight is 350 g/mol. The number of hydrogen-bond acceptors (Lipinski definition) is 5. The first kappa shape index (κ1) is 16.3. The zero-order valence-electron chi connectivity index (χ0n) is 12.6. The van der Waals surface area contributed by atoms with Crippen LogP contribution in [0.15, 0.2) is 24.4 Å². The minimum absolute atomic E-state index is 0.0429. The van der Waals surface area contributed by atoms with Gasteiger partial charge in [-0.2, -0.15) is 0 Å². The number of hydrogen-bond donors (Lipinski definition) is 0. The maximum absolute atomic E-state index is 14.0. The topological polar surface area (TPSA) is 60.7 Å². The highest BCUT2D eigenvalue weighted by molar-refractivity contribution is 7.17. The van der Waals surface area contributed by atoms with Crippen molar-refractivity contribution in [2.45, 2.75) is 13.3 Å². The second kappa shape index (κ2) is 6.48. The monoisotopic (exact) mass is 350 g/mol. The Balaban J connectivity index is 2.03. The van der Waals surface area contributed by atoms with Crippen LogP contribution in [-0.2, 0) is 16.0 Å². The van der Waals surface area contributed by atoms with Crippen LogP contribution in [0.1, 0.15) is 22.3 Å². The number of esters is 1. The summed E-state index contributed by atoms with van der Waals surface area (Å²) in [7, 11) is 0. The fraction of sp³-hybridized carbons (Fsp3) is 0.188. The summed E-state index contributed by atoms with van der Waals surface area (Å²) in [6.07, 6.45) is 2.22. The van der Waals surface area contributed by atoms with E-state index in [2.05, 4.69) is 4.98 Å². The van der Waals surface area contributed by atoms with Gasteiger partial charge in [-0.3, -0.25) is 14.0 Å². The van der Waals surface area contributed by atoms with Gasteiger partial charge in [-0.25, -0.2) is 13.8 Å². The molecule has 3 aromatic rings. The minimum Gasteiger partial charge on any atom is -0.466 e. The van der Waals surface area contributed by atoms with Gasteiger partial charge in [0.15, 0.2) is 11.2 Å². The maximum atomic E-state index is 14.0. The molecule has 0 aliphatic rings. The van der Waals surface area contributed by atoms with Crippen LogP contribution in [0.3, 0.4) is 0 Å². The van der Waals surface area contributed by atoms with Crippen LogP contribution in [0.25, 0.3) is 16.2 Å². The molecule has 124 valence electrons. The van der Waals surface area contributed by atoms with E-state index < -0.39 is 11.6 Å². The second-order valence-corrected chi connectivity index (χ2v) is 6.01. The lowest BCUT2D eigenvalue weighted by Gasteiger charge is -2.01. The molecule has 1 aromatic carbocycles. The molecular formula is C16H12F2N2O3S. The Morgan fingerprint density at radius 3 is 2.88 bits per heavy atom. The van der Waals surface area contributed by atoms with Gasteiger partial charge in [-0.15, -0.1) is 11.3 Å². The Kier molecular flexibility index (Phi) is 4.39. The van der Waals surface area contributed by atoms with Crippen molar-refractivity contribution in [3.63, 3.8) is 0 Å². The highest BCUT2D eigenvalue weighted by Crippen LogP contribution is 2.29. The summed E-state index contributed by atoms with van der Waals surface area (Å²) in [5, 5.41) is 0. The van der Waals surface area contributed by atoms with E-state index in [-0.39, 0.29) is 35.9 Å². The molecule has 0 radical (unpaired) electrons. The Morgan fingerprint density at radius 2 is 2.21 bits per heavy atom. The van der Waals surface area contributed by atoms with Gasteiger partial charge < -0.3 is 4.74 Å². The molecule has 0 N–H and O–H groups in total. The van der Waals surface area contributed by atoms with Crippen molar-refractivity contribution < 1.29 is 23.1 Å². The lowest BCUT2D eigenvalue weighted by atomic mass is 10.1. The van der Waals surface area contributed by atoms with Crippen molar-refractivity contribution >= 4 is 28.6 Å². The molecule has 0 aliphatic heterocycles. The standard InChI is InChI=1S/C16H12F2N2O3S/c1-2-23-14(22)6-10-7-20-13(8-21)15(19-16(20)24-10)11-4-3-9(17)5-12(11)18/h3-5,7-8H,2,6H2,1H3. The molecule has 2 heterocycles. The maximum Gasteiger partial charge on any atom is 0.311 e. The van der Waals surface area contributed by atoms with Gasteiger partial charge in [0.1, 0.15) is 23.0 Å². The van der Waals surface area contributed by atoms with Crippen molar-refractivity contribution in [1.82, 2.24) is 9.38 Å². The highest BCUT2D eigenvalue weighted by atomic mass is 32.1. The molecule has 5 nitrogen and oxygen atoms in total. The van der Waals surface area contributed by atoms with Gasteiger partial charge in [0.05, 0.1) is 13.0 Å². The molecule has 0 saturated heterocycles. The van der Waals surface area contributed by atoms with E-state index >= 15 is 0 Å². The molecule has 0 unspecified atom stereocenters. The third-order valence-corrected chi connectivity index (χ3v) is 4.32. The smallest absolute Gasteiger partial charge is 0.311 e. The molecule has 0 spiro atoms. The van der Waals surface area contributed by atoms with E-state index in [1.165, 1.54) is 21.8 Å². The largest absolute Gasteiger partial charge is 0.466 e. The summed E-state index contributed by atoms with van der Waals surface area (Å²) < 4.78 is 33.4. The van der Waals surface area contributed by atoms with E-state index in [1.807, 2.05) is 0 Å². The van der Waals surface area contributed by atoms with E-state index in [4.69, 9.17) is 4.74 Å². The summed E-state index contributed by atoms with van der Waals surface area (Å²) in [4.78, 5) is 28.3. The number of carbonyl (C=O) groups is 2. The SMILES string of the molecule is CCOC(=O)Cc1cn2c(C=O)c(-c3ccc(F)cc3F)nc2s1. The van der Waals surface area contributed by atoms with Crippen LogP contribution in [-0.4, -0.2) is 28.2 Å². The summed E-state index contributed by atoms with van der Waals surface area (Å²) >= 11 is 1.20. The van der Waals surface area contributed by atoms with Gasteiger partial charge >= 0.3 is 5.97 Å². The first-order valence-corrected chi connectivity index (χ1v) is 7.92. The number of aromatic nitrogens is 2. The van der Waals surface area contributed by atoms with Crippen molar-refractivity contribution in [2.24, 2.45) is 0 Å². The first-order valence-electron chi connectivity index (χ1n) is 7.10. The van der Waals surface area contributed by atoms with Crippen molar-refractivity contribution in [1.29, 1.82) is 0 Å². The first-order chi connectivity index (χ1) is 11.5. The van der Waals surface area contributed by atoms with Crippen molar-refractivity contribution in [2.75, 3.05) is 6.61 Å². The number of halogens is 2. The molecule has 0 aliphatic carbocycles. The van der Waals surface area contributed by atoms with E-state index in [0.717, 1.165) is 12.1 Å². The average Bonchev–Trinajstić information content (AvgIpc) is 3.04. The zero-order chi connectivity index (χ0) is 17.3. The fourth-order valence-corrected chi connectivity index (χ4v) is 3.31. The Bertz CT molecular complexity index is 933. The predicted octanol–water partition coefficient (Wildman–Crippen LogP) is 3.26. The van der Waals surface area contributed by atoms with Crippen LogP contribution >= 0.6 is 11.3 Å². The Hall–Kier alpha value is -2.61. The molecule has 0 saturated carbocycles. The number of nitrogens with zero attached hydrogens (tertiary/aromatic N) is 2. The lowest BCUT2D eigenvalue weighted by molar-refractivity contribution is -0.142. The minimum atomic E-state index is -0.796. The van der Waals surface area contributed by atoms with Crippen LogP contribution in [0.5, 0.6) is 0 Å². The highest BCUT2D eigenvalue weighted by Gasteiger charge is 2.20. The quantitative estimate of drug-likeness (QED) is 0.523. The Labute approximate surface area is 139 Å². The number of benzene rings is 1. The number of imidazole rings is 1. The number of rotatable bonds is 5. The molecule has 0 bridgehead atoms. The third-order valence-electron chi connectivity index (χ3n) is 3.33. The molecule has 0 fully saturated rings. The van der Waals surface area contributed by atoms with Crippen LogP contribution in [0.4, 0.5) is 8.78 Å². The van der Waals surface area contributed by atoms with E-state index in [1.54, 1.807) is 13.1 Å². The number of aldehydes is 1. The number of carbonyl (C=O) groups excluding carboxylic acids is 2. The van der Waals surface area contributed by atoms with Crippen molar-refractivity contribution in [3.8, 4) is 11.3 Å². The second-order valence-electron chi connectivity index (χ2n) is 4.92. The fourth-order valence-electron chi connectivity index (χ4n) is 2.34. The number of fused-ring (bicyclic) bond motifs is 1. The summed E-state index contributed by atoms with van der Waals surface area (Å²) in [6.45, 7) is 2.00. The molecular weight excluding hydrogens is 338 g/mol. The van der Waals surface area contributed by atoms with Gasteiger partial charge in [0.2, 0.25) is 0 Å². The summed E-state index contributed by atoms with van der Waals surface area (Å²) in [5.74, 6) is -1.88. The van der Waals surface area contributed by atoms with Gasteiger partial charge in [-0.1, -0.05) is 0 Å². The lowest BCUT2D eigenvalue weighted by Crippen LogP contribution is -2.06. The predicted molar refractivity (Wildman–Crippen MR) is 84.1 cm³/mol. The third kappa shape index (κ3) is 2.92. The molecule has 3 rings (SSSR count). The molecule has 2 aromatic heterocycles. The Morgan fingerprint density at radius 1 is 1.42 bits per heavy atom. The van der Waals surface area contributed by atoms with Gasteiger partial charge in [0, 0.05) is 22.7 Å². The molecule has 0 amide bonds. The molecule has 8 heteroatoms. The zero-order valence-corrected chi connectivity index (χ0v) is 13.4. The van der Waals surface area contributed by atoms with E-state index in [9.17, 15) is 18.4 Å². The molecule has 24 heavy (non-hydrogen) atoms. The van der Waals surface area contributed by atoms with Crippen LogP contribution < -0.4 is 0 Å². The van der Waals surface area contributed by atoms with Crippen molar-refractivity contribution in [3.05, 3.63) is 46.6 Å². The summed E-state index contributed by atoms with van der Waals surface area (Å²) in [5.41, 5.74) is 0.319. The van der Waals surface area contributed by atoms with Gasteiger partial charge in [0.25, 0.3) is 0 Å².